The van der Waals surface area contributed by atoms with E-state index in [0.717, 1.165) is 19.3 Å². The number of alkyl halides is 8. The molecule has 0 amide bonds. The highest BCUT2D eigenvalue weighted by Crippen LogP contribution is 2.50. The second-order valence-electron chi connectivity index (χ2n) is 8.26. The van der Waals surface area contributed by atoms with Gasteiger partial charge in [-0.05, 0) is 25.7 Å². The number of hydrogen-bond acceptors (Lipinski definition) is 1. The van der Waals surface area contributed by atoms with Gasteiger partial charge in [0.05, 0.1) is 6.61 Å². The summed E-state index contributed by atoms with van der Waals surface area (Å²) < 4.78 is 114. The first-order chi connectivity index (χ1) is 14.3. The fraction of sp³-hybridized carbons (Fsp3) is 1.00. The van der Waals surface area contributed by atoms with Crippen LogP contribution in [0.3, 0.4) is 0 Å². The van der Waals surface area contributed by atoms with E-state index >= 15 is 4.39 Å². The van der Waals surface area contributed by atoms with Crippen LogP contribution in [-0.2, 0) is 4.74 Å². The average Bonchev–Trinajstić information content (AvgIpc) is 2.66. The molecule has 0 aromatic rings. The van der Waals surface area contributed by atoms with Crippen molar-refractivity contribution in [1.29, 1.82) is 0 Å². The van der Waals surface area contributed by atoms with E-state index in [9.17, 15) is 30.7 Å². The minimum Gasteiger partial charge on any atom is -0.341 e. The van der Waals surface area contributed by atoms with Gasteiger partial charge in [0.25, 0.3) is 5.85 Å². The third-order valence-corrected chi connectivity index (χ3v) is 5.31. The smallest absolute Gasteiger partial charge is 0.341 e. The lowest BCUT2D eigenvalue weighted by atomic mass is 9.93. The van der Waals surface area contributed by atoms with Crippen molar-refractivity contribution in [3.63, 3.8) is 0 Å². The molecular weight excluding hydrogens is 432 g/mol. The highest BCUT2D eigenvalue weighted by molar-refractivity contribution is 4.97. The van der Waals surface area contributed by atoms with E-state index in [1.165, 1.54) is 0 Å². The molecule has 0 heterocycles. The summed E-state index contributed by atoms with van der Waals surface area (Å²) in [5.74, 6) is -13.4. The first-order valence-corrected chi connectivity index (χ1v) is 11.5. The SMILES string of the molecule is CCCCCCOC(F)(CCCCCCC(F)(F)F)C(F)(F)C(F)(F)CCCCCC. The van der Waals surface area contributed by atoms with E-state index in [1.54, 1.807) is 0 Å². The molecule has 1 atom stereocenters. The van der Waals surface area contributed by atoms with E-state index in [2.05, 4.69) is 0 Å². The van der Waals surface area contributed by atoms with Crippen molar-refractivity contribution in [1.82, 2.24) is 0 Å². The molecule has 0 fully saturated rings. The highest BCUT2D eigenvalue weighted by Gasteiger charge is 2.70. The molecule has 0 radical (unpaired) electrons. The first-order valence-electron chi connectivity index (χ1n) is 11.5. The quantitative estimate of drug-likeness (QED) is 0.135. The van der Waals surface area contributed by atoms with Crippen LogP contribution in [0.15, 0.2) is 0 Å². The van der Waals surface area contributed by atoms with Crippen LogP contribution in [0.25, 0.3) is 0 Å². The van der Waals surface area contributed by atoms with Gasteiger partial charge in [0.2, 0.25) is 0 Å². The first kappa shape index (κ1) is 30.4. The molecule has 9 heteroatoms. The molecule has 0 aromatic heterocycles. The third kappa shape index (κ3) is 11.7. The van der Waals surface area contributed by atoms with Crippen LogP contribution in [-0.4, -0.2) is 30.5 Å². The summed E-state index contributed by atoms with van der Waals surface area (Å²) in [5.41, 5.74) is 0. The monoisotopic (exact) mass is 470 g/mol. The van der Waals surface area contributed by atoms with E-state index in [0.29, 0.717) is 19.3 Å². The van der Waals surface area contributed by atoms with Crippen LogP contribution in [0.4, 0.5) is 35.1 Å². The number of ether oxygens (including phenoxy) is 1. The zero-order valence-electron chi connectivity index (χ0n) is 18.7. The average molecular weight is 471 g/mol. The Morgan fingerprint density at radius 3 is 1.48 bits per heavy atom. The Morgan fingerprint density at radius 1 is 0.516 bits per heavy atom. The Hall–Kier alpha value is -0.600. The van der Waals surface area contributed by atoms with Crippen LogP contribution in [0.1, 0.15) is 110 Å². The predicted octanol–water partition coefficient (Wildman–Crippen LogP) is 9.39. The maximum Gasteiger partial charge on any atom is 0.389 e. The Morgan fingerprint density at radius 2 is 0.968 bits per heavy atom. The van der Waals surface area contributed by atoms with Gasteiger partial charge in [-0.25, -0.2) is 4.39 Å². The van der Waals surface area contributed by atoms with E-state index in [-0.39, 0.29) is 38.5 Å². The number of unbranched alkanes of at least 4 members (excludes halogenated alkanes) is 9. The van der Waals surface area contributed by atoms with Gasteiger partial charge in [0.1, 0.15) is 0 Å². The molecule has 0 aliphatic carbocycles. The fourth-order valence-corrected chi connectivity index (χ4v) is 3.32. The molecule has 0 rings (SSSR count). The molecule has 0 bridgehead atoms. The van der Waals surface area contributed by atoms with Crippen LogP contribution in [0.5, 0.6) is 0 Å². The van der Waals surface area contributed by atoms with Gasteiger partial charge in [-0.3, -0.25) is 0 Å². The van der Waals surface area contributed by atoms with Crippen LogP contribution < -0.4 is 0 Å². The molecule has 0 spiro atoms. The van der Waals surface area contributed by atoms with E-state index < -0.39 is 49.7 Å². The predicted molar refractivity (Wildman–Crippen MR) is 106 cm³/mol. The van der Waals surface area contributed by atoms with Crippen molar-refractivity contribution >= 4 is 0 Å². The van der Waals surface area contributed by atoms with Crippen LogP contribution >= 0.6 is 0 Å². The van der Waals surface area contributed by atoms with Crippen molar-refractivity contribution in [2.24, 2.45) is 0 Å². The van der Waals surface area contributed by atoms with Gasteiger partial charge in [-0.2, -0.15) is 30.7 Å². The van der Waals surface area contributed by atoms with Crippen LogP contribution in [0.2, 0.25) is 0 Å². The third-order valence-electron chi connectivity index (χ3n) is 5.31. The van der Waals surface area contributed by atoms with Gasteiger partial charge >= 0.3 is 18.0 Å². The molecule has 0 saturated carbocycles. The molecule has 1 nitrogen and oxygen atoms in total. The molecule has 188 valence electrons. The second kappa shape index (κ2) is 14.5. The Kier molecular flexibility index (Phi) is 14.2. The van der Waals surface area contributed by atoms with Crippen molar-refractivity contribution in [3.8, 4) is 0 Å². The van der Waals surface area contributed by atoms with Crippen molar-refractivity contribution in [2.45, 2.75) is 134 Å². The molecular formula is C22H38F8O. The summed E-state index contributed by atoms with van der Waals surface area (Å²) in [6.07, 6.45) is -3.81. The zero-order valence-corrected chi connectivity index (χ0v) is 18.7. The molecule has 0 aromatic carbocycles. The van der Waals surface area contributed by atoms with Gasteiger partial charge in [0.15, 0.2) is 0 Å². The summed E-state index contributed by atoms with van der Waals surface area (Å²) in [7, 11) is 0. The van der Waals surface area contributed by atoms with Gasteiger partial charge in [0, 0.05) is 19.3 Å². The summed E-state index contributed by atoms with van der Waals surface area (Å²) in [4.78, 5) is 0. The highest BCUT2D eigenvalue weighted by atomic mass is 19.4. The summed E-state index contributed by atoms with van der Waals surface area (Å²) in [5, 5.41) is 0. The maximum absolute atomic E-state index is 15.2. The lowest BCUT2D eigenvalue weighted by Gasteiger charge is -2.38. The van der Waals surface area contributed by atoms with Crippen molar-refractivity contribution < 1.29 is 39.9 Å². The number of hydrogen-bond donors (Lipinski definition) is 0. The summed E-state index contributed by atoms with van der Waals surface area (Å²) in [6.45, 7) is 3.36. The van der Waals surface area contributed by atoms with Crippen molar-refractivity contribution in [3.05, 3.63) is 0 Å². The number of halogens is 8. The van der Waals surface area contributed by atoms with Crippen LogP contribution in [0, 0.1) is 0 Å². The standard InChI is InChI=1S/C22H38F8O/c1-3-5-7-11-15-19(23,24)22(29,30)20(25,31-18-14-8-6-4-2)16-12-9-10-13-17-21(26,27)28/h3-18H2,1-2H3. The Balaban J connectivity index is 5.00. The summed E-state index contributed by atoms with van der Waals surface area (Å²) in [6, 6.07) is 0. The fourth-order valence-electron chi connectivity index (χ4n) is 3.32. The molecule has 31 heavy (non-hydrogen) atoms. The topological polar surface area (TPSA) is 9.23 Å². The van der Waals surface area contributed by atoms with Gasteiger partial charge in [-0.1, -0.05) is 65.2 Å². The summed E-state index contributed by atoms with van der Waals surface area (Å²) >= 11 is 0. The number of rotatable bonds is 19. The van der Waals surface area contributed by atoms with E-state index in [4.69, 9.17) is 4.74 Å². The minimum absolute atomic E-state index is 0.0269. The zero-order chi connectivity index (χ0) is 24.0. The molecule has 0 aliphatic heterocycles. The van der Waals surface area contributed by atoms with Crippen molar-refractivity contribution in [2.75, 3.05) is 6.61 Å². The maximum atomic E-state index is 15.2. The molecule has 1 unspecified atom stereocenters. The lowest BCUT2D eigenvalue weighted by Crippen LogP contribution is -2.57. The lowest BCUT2D eigenvalue weighted by molar-refractivity contribution is -0.351. The van der Waals surface area contributed by atoms with E-state index in [1.807, 2.05) is 13.8 Å². The van der Waals surface area contributed by atoms with Gasteiger partial charge < -0.3 is 4.74 Å². The molecule has 0 saturated heterocycles. The van der Waals surface area contributed by atoms with Gasteiger partial charge in [-0.15, -0.1) is 0 Å². The Bertz CT molecular complexity index is 453. The minimum atomic E-state index is -5.02. The normalized spacial score (nSPS) is 15.3. The molecule has 0 aliphatic rings. The Labute approximate surface area is 181 Å². The largest absolute Gasteiger partial charge is 0.389 e. The molecule has 0 N–H and O–H groups in total. The second-order valence-corrected chi connectivity index (χ2v) is 8.26.